The van der Waals surface area contributed by atoms with Crippen molar-refractivity contribution in [2.45, 2.75) is 18.8 Å². The van der Waals surface area contributed by atoms with E-state index in [0.29, 0.717) is 5.91 Å². The lowest BCUT2D eigenvalue weighted by Gasteiger charge is -2.36. The lowest BCUT2D eigenvalue weighted by atomic mass is 9.99. The minimum absolute atomic E-state index is 0.0104. The van der Waals surface area contributed by atoms with Gasteiger partial charge in [0.1, 0.15) is 0 Å². The largest absolute Gasteiger partial charge is 0.384 e. The molecule has 2 fully saturated rings. The number of anilines is 1. The molecule has 1 saturated carbocycles. The first-order chi connectivity index (χ1) is 10.3. The van der Waals surface area contributed by atoms with Crippen molar-refractivity contribution >= 4 is 11.6 Å². The number of nitrogens with zero attached hydrogens (tertiary/aromatic N) is 2. The Morgan fingerprint density at radius 1 is 1.14 bits per heavy atom. The van der Waals surface area contributed by atoms with Gasteiger partial charge in [-0.1, -0.05) is 18.2 Å². The predicted octanol–water partition coefficient (Wildman–Crippen LogP) is 1.75. The van der Waals surface area contributed by atoms with Gasteiger partial charge in [-0.05, 0) is 30.4 Å². The molecule has 0 aromatic heterocycles. The van der Waals surface area contributed by atoms with Crippen LogP contribution >= 0.6 is 0 Å². The first-order valence-electron chi connectivity index (χ1n) is 8.15. The molecule has 0 radical (unpaired) electrons. The van der Waals surface area contributed by atoms with Crippen LogP contribution in [0.1, 0.15) is 24.3 Å². The van der Waals surface area contributed by atoms with Gasteiger partial charge in [-0.15, -0.1) is 0 Å². The summed E-state index contributed by atoms with van der Waals surface area (Å²) in [6.45, 7) is 5.87. The summed E-state index contributed by atoms with van der Waals surface area (Å²) < 4.78 is 0. The van der Waals surface area contributed by atoms with E-state index in [4.69, 9.17) is 0 Å². The third kappa shape index (κ3) is 2.64. The van der Waals surface area contributed by atoms with E-state index in [1.165, 1.54) is 24.9 Å². The maximum Gasteiger partial charge on any atom is 0.232 e. The van der Waals surface area contributed by atoms with Crippen LogP contribution in [-0.2, 0) is 4.79 Å². The fourth-order valence-corrected chi connectivity index (χ4v) is 3.54. The molecule has 1 atom stereocenters. The molecule has 1 unspecified atom stereocenters. The van der Waals surface area contributed by atoms with Gasteiger partial charge in [0.25, 0.3) is 0 Å². The molecule has 1 aromatic rings. The van der Waals surface area contributed by atoms with Crippen molar-refractivity contribution < 1.29 is 4.79 Å². The number of carbonyl (C=O) groups excluding carboxylic acids is 1. The zero-order valence-corrected chi connectivity index (χ0v) is 12.4. The number of amides is 1. The van der Waals surface area contributed by atoms with Crippen LogP contribution in [0.3, 0.4) is 0 Å². The standard InChI is InChI=1S/C17H23N3O/c21-17(15-11-18-16-4-2-1-3-14(15)16)20-9-7-19(8-10-20)12-13-5-6-13/h1-4,13,15,18H,5-12H2. The number of carbonyl (C=O) groups is 1. The highest BCUT2D eigenvalue weighted by atomic mass is 16.2. The number of fused-ring (bicyclic) bond motifs is 1. The van der Waals surface area contributed by atoms with Gasteiger partial charge in [-0.2, -0.15) is 0 Å². The Morgan fingerprint density at radius 3 is 2.67 bits per heavy atom. The van der Waals surface area contributed by atoms with E-state index < -0.39 is 0 Å². The van der Waals surface area contributed by atoms with Gasteiger partial charge >= 0.3 is 0 Å². The van der Waals surface area contributed by atoms with Crippen LogP contribution in [0.2, 0.25) is 0 Å². The van der Waals surface area contributed by atoms with Gasteiger partial charge in [0, 0.05) is 45.0 Å². The van der Waals surface area contributed by atoms with Gasteiger partial charge < -0.3 is 10.2 Å². The Labute approximate surface area is 126 Å². The molecule has 1 aliphatic carbocycles. The Kier molecular flexibility index (Phi) is 3.34. The lowest BCUT2D eigenvalue weighted by Crippen LogP contribution is -2.50. The maximum absolute atomic E-state index is 12.8. The summed E-state index contributed by atoms with van der Waals surface area (Å²) in [5.41, 5.74) is 2.30. The molecular weight excluding hydrogens is 262 g/mol. The topological polar surface area (TPSA) is 35.6 Å². The predicted molar refractivity (Wildman–Crippen MR) is 83.4 cm³/mol. The minimum atomic E-state index is 0.0104. The van der Waals surface area contributed by atoms with Crippen molar-refractivity contribution in [2.75, 3.05) is 44.6 Å². The summed E-state index contributed by atoms with van der Waals surface area (Å²) in [4.78, 5) is 17.4. The molecule has 4 rings (SSSR count). The van der Waals surface area contributed by atoms with E-state index in [0.717, 1.165) is 44.3 Å². The van der Waals surface area contributed by atoms with E-state index in [1.54, 1.807) is 0 Å². The molecule has 2 heterocycles. The first-order valence-corrected chi connectivity index (χ1v) is 8.15. The quantitative estimate of drug-likeness (QED) is 0.919. The fraction of sp³-hybridized carbons (Fsp3) is 0.588. The Bertz CT molecular complexity index is 533. The molecule has 1 saturated heterocycles. The third-order valence-corrected chi connectivity index (χ3v) is 5.03. The van der Waals surface area contributed by atoms with Gasteiger partial charge in [0.05, 0.1) is 5.92 Å². The smallest absolute Gasteiger partial charge is 0.232 e. The number of piperazine rings is 1. The fourth-order valence-electron chi connectivity index (χ4n) is 3.54. The zero-order chi connectivity index (χ0) is 14.2. The highest BCUT2D eigenvalue weighted by Crippen LogP contribution is 2.33. The second-order valence-corrected chi connectivity index (χ2v) is 6.59. The average Bonchev–Trinajstić information content (AvgIpc) is 3.23. The SMILES string of the molecule is O=C(C1CNc2ccccc21)N1CCN(CC2CC2)CC1. The molecule has 21 heavy (non-hydrogen) atoms. The van der Waals surface area contributed by atoms with Crippen LogP contribution < -0.4 is 5.32 Å². The van der Waals surface area contributed by atoms with E-state index in [-0.39, 0.29) is 5.92 Å². The zero-order valence-electron chi connectivity index (χ0n) is 12.4. The van der Waals surface area contributed by atoms with Gasteiger partial charge in [0.15, 0.2) is 0 Å². The number of hydrogen-bond acceptors (Lipinski definition) is 3. The molecule has 0 bridgehead atoms. The highest BCUT2D eigenvalue weighted by molar-refractivity contribution is 5.88. The maximum atomic E-state index is 12.8. The summed E-state index contributed by atoms with van der Waals surface area (Å²) in [6, 6.07) is 8.20. The van der Waals surface area contributed by atoms with Gasteiger partial charge in [0.2, 0.25) is 5.91 Å². The molecule has 1 amide bonds. The molecule has 1 N–H and O–H groups in total. The molecule has 112 valence electrons. The van der Waals surface area contributed by atoms with Crippen molar-refractivity contribution in [3.8, 4) is 0 Å². The van der Waals surface area contributed by atoms with Crippen LogP contribution in [0.4, 0.5) is 5.69 Å². The summed E-state index contributed by atoms with van der Waals surface area (Å²) in [5.74, 6) is 1.26. The van der Waals surface area contributed by atoms with E-state index in [9.17, 15) is 4.79 Å². The molecule has 4 nitrogen and oxygen atoms in total. The molecule has 2 aliphatic heterocycles. The van der Waals surface area contributed by atoms with Crippen LogP contribution in [0.25, 0.3) is 0 Å². The summed E-state index contributed by atoms with van der Waals surface area (Å²) in [7, 11) is 0. The number of hydrogen-bond donors (Lipinski definition) is 1. The van der Waals surface area contributed by atoms with E-state index in [2.05, 4.69) is 27.2 Å². The van der Waals surface area contributed by atoms with Gasteiger partial charge in [-0.3, -0.25) is 9.69 Å². The van der Waals surface area contributed by atoms with Crippen molar-refractivity contribution in [3.63, 3.8) is 0 Å². The molecule has 0 spiro atoms. The van der Waals surface area contributed by atoms with Crippen LogP contribution in [-0.4, -0.2) is 55.0 Å². The Balaban J connectivity index is 1.38. The van der Waals surface area contributed by atoms with Crippen molar-refractivity contribution in [3.05, 3.63) is 29.8 Å². The second kappa shape index (κ2) is 5.34. The van der Waals surface area contributed by atoms with Gasteiger partial charge in [-0.25, -0.2) is 0 Å². The number of nitrogens with one attached hydrogen (secondary N) is 1. The van der Waals surface area contributed by atoms with Crippen LogP contribution in [0, 0.1) is 5.92 Å². The third-order valence-electron chi connectivity index (χ3n) is 5.03. The number of para-hydroxylation sites is 1. The van der Waals surface area contributed by atoms with Crippen molar-refractivity contribution in [1.82, 2.24) is 9.80 Å². The lowest BCUT2D eigenvalue weighted by molar-refractivity contribution is -0.134. The first kappa shape index (κ1) is 13.1. The molecule has 3 aliphatic rings. The van der Waals surface area contributed by atoms with Crippen LogP contribution in [0.15, 0.2) is 24.3 Å². The molecule has 4 heteroatoms. The van der Waals surface area contributed by atoms with Crippen LogP contribution in [0.5, 0.6) is 0 Å². The average molecular weight is 285 g/mol. The Hall–Kier alpha value is -1.55. The van der Waals surface area contributed by atoms with Crippen molar-refractivity contribution in [1.29, 1.82) is 0 Å². The number of rotatable bonds is 3. The normalized spacial score (nSPS) is 25.5. The highest BCUT2D eigenvalue weighted by Gasteiger charge is 2.33. The summed E-state index contributed by atoms with van der Waals surface area (Å²) in [5, 5.41) is 3.36. The monoisotopic (exact) mass is 285 g/mol. The van der Waals surface area contributed by atoms with E-state index in [1.807, 2.05) is 12.1 Å². The summed E-state index contributed by atoms with van der Waals surface area (Å²) >= 11 is 0. The molecule has 1 aromatic carbocycles. The summed E-state index contributed by atoms with van der Waals surface area (Å²) in [6.07, 6.45) is 2.81. The number of benzene rings is 1. The Morgan fingerprint density at radius 2 is 1.90 bits per heavy atom. The minimum Gasteiger partial charge on any atom is -0.384 e. The molecular formula is C17H23N3O. The van der Waals surface area contributed by atoms with Crippen molar-refractivity contribution in [2.24, 2.45) is 5.92 Å². The second-order valence-electron chi connectivity index (χ2n) is 6.59. The van der Waals surface area contributed by atoms with E-state index >= 15 is 0 Å².